The molecular weight excluding hydrogens is 264 g/mol. The van der Waals surface area contributed by atoms with Gasteiger partial charge >= 0.3 is 0 Å². The number of rotatable bonds is 14. The van der Waals surface area contributed by atoms with Crippen LogP contribution >= 0.6 is 0 Å². The molecule has 0 aliphatic heterocycles. The molecule has 0 aromatic rings. The molecule has 0 saturated carbocycles. The highest BCUT2D eigenvalue weighted by Crippen LogP contribution is 2.05. The van der Waals surface area contributed by atoms with Gasteiger partial charge in [0.1, 0.15) is 0 Å². The maximum Gasteiger partial charge on any atom is 0.244 e. The van der Waals surface area contributed by atoms with E-state index in [1.807, 2.05) is 6.08 Å². The first-order valence-corrected chi connectivity index (χ1v) is 8.52. The van der Waals surface area contributed by atoms with Crippen molar-refractivity contribution in [2.75, 3.05) is 26.4 Å². The summed E-state index contributed by atoms with van der Waals surface area (Å²) >= 11 is 0. The number of allylic oxidation sites excluding steroid dienone is 1. The third-order valence-electron chi connectivity index (χ3n) is 3.53. The Morgan fingerprint density at radius 3 is 2.38 bits per heavy atom. The molecule has 0 heterocycles. The Morgan fingerprint density at radius 2 is 1.76 bits per heavy atom. The van der Waals surface area contributed by atoms with Gasteiger partial charge in [-0.25, -0.2) is 0 Å². The summed E-state index contributed by atoms with van der Waals surface area (Å²) in [6.07, 6.45) is 12.5. The molecule has 0 saturated heterocycles. The molecular formula is C17H34N2O2. The molecule has 0 unspecified atom stereocenters. The molecule has 0 spiro atoms. The van der Waals surface area contributed by atoms with Crippen LogP contribution in [-0.2, 0) is 4.79 Å². The molecule has 0 bridgehead atoms. The Hall–Kier alpha value is -0.870. The summed E-state index contributed by atoms with van der Waals surface area (Å²) in [5, 5.41) is 11.6. The average Bonchev–Trinajstić information content (AvgIpc) is 2.49. The number of hydrogen-bond donors (Lipinski definition) is 2. The number of carbonyl (C=O) groups excluding carboxylic acids is 1. The van der Waals surface area contributed by atoms with Crippen molar-refractivity contribution in [2.24, 2.45) is 0 Å². The minimum atomic E-state index is 0.00547. The number of aliphatic hydroxyl groups is 1. The van der Waals surface area contributed by atoms with E-state index < -0.39 is 0 Å². The van der Waals surface area contributed by atoms with Gasteiger partial charge in [0, 0.05) is 6.61 Å². The molecule has 4 heteroatoms. The number of nitrogens with zero attached hydrogens (tertiary/aromatic N) is 1. The van der Waals surface area contributed by atoms with E-state index in [-0.39, 0.29) is 5.91 Å². The van der Waals surface area contributed by atoms with Crippen molar-refractivity contribution in [3.05, 3.63) is 12.2 Å². The number of nitrogens with one attached hydrogen (secondary N) is 1. The topological polar surface area (TPSA) is 52.6 Å². The Labute approximate surface area is 130 Å². The lowest BCUT2D eigenvalue weighted by molar-refractivity contribution is -0.117. The fourth-order valence-corrected chi connectivity index (χ4v) is 2.11. The summed E-state index contributed by atoms with van der Waals surface area (Å²) in [7, 11) is 0. The molecule has 0 atom stereocenters. The van der Waals surface area contributed by atoms with Gasteiger partial charge in [0.25, 0.3) is 0 Å². The van der Waals surface area contributed by atoms with E-state index in [4.69, 9.17) is 5.11 Å². The Bertz CT molecular complexity index is 268. The second-order valence-corrected chi connectivity index (χ2v) is 5.45. The standard InChI is InChI=1S/C17H34N2O2/c1-3-5-10-13-17(21)18-16-19(4-2)14-11-8-6-7-9-12-15-20/h10,13,20H,3-9,11-12,14-16H2,1-2H3,(H,18,21)/b13-10+. The van der Waals surface area contributed by atoms with Crippen molar-refractivity contribution in [1.29, 1.82) is 0 Å². The second kappa shape index (κ2) is 15.5. The first kappa shape index (κ1) is 20.1. The zero-order valence-corrected chi connectivity index (χ0v) is 13.9. The fraction of sp³-hybridized carbons (Fsp3) is 0.824. The summed E-state index contributed by atoms with van der Waals surface area (Å²) in [4.78, 5) is 13.8. The number of carbonyl (C=O) groups is 1. The zero-order valence-electron chi connectivity index (χ0n) is 13.9. The highest BCUT2D eigenvalue weighted by Gasteiger charge is 2.03. The molecule has 0 rings (SSSR count). The van der Waals surface area contributed by atoms with Crippen molar-refractivity contribution in [3.63, 3.8) is 0 Å². The highest BCUT2D eigenvalue weighted by molar-refractivity contribution is 5.87. The van der Waals surface area contributed by atoms with Crippen molar-refractivity contribution < 1.29 is 9.90 Å². The van der Waals surface area contributed by atoms with E-state index in [1.165, 1.54) is 25.7 Å². The SMILES string of the molecule is CCC/C=C/C(=O)NCN(CC)CCCCCCCCO. The molecule has 0 aliphatic carbocycles. The number of aliphatic hydroxyl groups excluding tert-OH is 1. The molecule has 1 amide bonds. The van der Waals surface area contributed by atoms with Crippen LogP contribution < -0.4 is 5.32 Å². The van der Waals surface area contributed by atoms with Gasteiger partial charge in [0.15, 0.2) is 0 Å². The summed E-state index contributed by atoms with van der Waals surface area (Å²) < 4.78 is 0. The molecule has 124 valence electrons. The lowest BCUT2D eigenvalue weighted by Crippen LogP contribution is -2.37. The van der Waals surface area contributed by atoms with E-state index in [1.54, 1.807) is 6.08 Å². The monoisotopic (exact) mass is 298 g/mol. The summed E-state index contributed by atoms with van der Waals surface area (Å²) in [5.41, 5.74) is 0. The van der Waals surface area contributed by atoms with E-state index in [0.29, 0.717) is 13.3 Å². The first-order valence-electron chi connectivity index (χ1n) is 8.52. The van der Waals surface area contributed by atoms with Crippen LogP contribution in [-0.4, -0.2) is 42.3 Å². The molecule has 0 fully saturated rings. The molecule has 0 aromatic heterocycles. The van der Waals surface area contributed by atoms with E-state index in [2.05, 4.69) is 24.1 Å². The van der Waals surface area contributed by atoms with Gasteiger partial charge < -0.3 is 10.4 Å². The van der Waals surface area contributed by atoms with Crippen LogP contribution in [0.15, 0.2) is 12.2 Å². The van der Waals surface area contributed by atoms with Gasteiger partial charge in [-0.05, 0) is 38.4 Å². The third-order valence-corrected chi connectivity index (χ3v) is 3.53. The second-order valence-electron chi connectivity index (χ2n) is 5.45. The molecule has 21 heavy (non-hydrogen) atoms. The number of amides is 1. The molecule has 0 radical (unpaired) electrons. The normalized spacial score (nSPS) is 11.4. The third kappa shape index (κ3) is 13.9. The van der Waals surface area contributed by atoms with Crippen LogP contribution in [0.25, 0.3) is 0 Å². The predicted molar refractivity (Wildman–Crippen MR) is 89.1 cm³/mol. The molecule has 0 aromatic carbocycles. The average molecular weight is 298 g/mol. The van der Waals surface area contributed by atoms with Crippen LogP contribution in [0.1, 0.15) is 65.2 Å². The van der Waals surface area contributed by atoms with E-state index in [0.717, 1.165) is 38.8 Å². The van der Waals surface area contributed by atoms with Crippen molar-refractivity contribution >= 4 is 5.91 Å². The van der Waals surface area contributed by atoms with Gasteiger partial charge in [0.2, 0.25) is 5.91 Å². The quantitative estimate of drug-likeness (QED) is 0.294. The largest absolute Gasteiger partial charge is 0.396 e. The fourth-order valence-electron chi connectivity index (χ4n) is 2.11. The van der Waals surface area contributed by atoms with E-state index >= 15 is 0 Å². The number of hydrogen-bond acceptors (Lipinski definition) is 3. The predicted octanol–water partition coefficient (Wildman–Crippen LogP) is 3.07. The molecule has 2 N–H and O–H groups in total. The molecule has 4 nitrogen and oxygen atoms in total. The maximum atomic E-state index is 11.6. The Kier molecular flexibility index (Phi) is 14.9. The summed E-state index contributed by atoms with van der Waals surface area (Å²) in [6, 6.07) is 0. The van der Waals surface area contributed by atoms with Gasteiger partial charge in [-0.2, -0.15) is 0 Å². The lowest BCUT2D eigenvalue weighted by Gasteiger charge is -2.20. The maximum absolute atomic E-state index is 11.6. The Morgan fingerprint density at radius 1 is 1.10 bits per heavy atom. The highest BCUT2D eigenvalue weighted by atomic mass is 16.2. The Balaban J connectivity index is 3.59. The number of unbranched alkanes of at least 4 members (excludes halogenated alkanes) is 6. The van der Waals surface area contributed by atoms with Crippen molar-refractivity contribution in [1.82, 2.24) is 10.2 Å². The molecule has 0 aliphatic rings. The van der Waals surface area contributed by atoms with Crippen LogP contribution in [0.2, 0.25) is 0 Å². The zero-order chi connectivity index (χ0) is 15.8. The minimum Gasteiger partial charge on any atom is -0.396 e. The van der Waals surface area contributed by atoms with Crippen LogP contribution in [0.3, 0.4) is 0 Å². The van der Waals surface area contributed by atoms with Crippen LogP contribution in [0.5, 0.6) is 0 Å². The van der Waals surface area contributed by atoms with Gasteiger partial charge in [0.05, 0.1) is 6.67 Å². The lowest BCUT2D eigenvalue weighted by atomic mass is 10.1. The van der Waals surface area contributed by atoms with E-state index in [9.17, 15) is 4.79 Å². The van der Waals surface area contributed by atoms with Crippen molar-refractivity contribution in [3.8, 4) is 0 Å². The summed E-state index contributed by atoms with van der Waals surface area (Å²) in [6.45, 7) is 7.18. The van der Waals surface area contributed by atoms with Crippen LogP contribution in [0, 0.1) is 0 Å². The minimum absolute atomic E-state index is 0.00547. The smallest absolute Gasteiger partial charge is 0.244 e. The van der Waals surface area contributed by atoms with Crippen LogP contribution in [0.4, 0.5) is 0 Å². The van der Waals surface area contributed by atoms with Gasteiger partial charge in [-0.1, -0.05) is 52.0 Å². The van der Waals surface area contributed by atoms with Crippen molar-refractivity contribution in [2.45, 2.75) is 65.2 Å². The first-order chi connectivity index (χ1) is 10.2. The summed E-state index contributed by atoms with van der Waals surface area (Å²) in [5.74, 6) is 0.00547. The van der Waals surface area contributed by atoms with Gasteiger partial charge in [-0.3, -0.25) is 9.69 Å². The van der Waals surface area contributed by atoms with Gasteiger partial charge in [-0.15, -0.1) is 0 Å².